The van der Waals surface area contributed by atoms with Crippen LogP contribution >= 0.6 is 23.4 Å². The summed E-state index contributed by atoms with van der Waals surface area (Å²) in [7, 11) is 0. The number of thioether (sulfide) groups is 1. The van der Waals surface area contributed by atoms with E-state index in [9.17, 15) is 0 Å². The van der Waals surface area contributed by atoms with E-state index in [0.717, 1.165) is 10.9 Å². The molecule has 1 fully saturated rings. The van der Waals surface area contributed by atoms with Gasteiger partial charge in [0, 0.05) is 11.3 Å². The minimum Gasteiger partial charge on any atom is -0.199 e. The van der Waals surface area contributed by atoms with Gasteiger partial charge in [0.1, 0.15) is 16.5 Å². The normalized spacial score (nSPS) is 24.6. The number of hydrogen-bond acceptors (Lipinski definition) is 4. The molecule has 0 N–H and O–H groups in total. The summed E-state index contributed by atoms with van der Waals surface area (Å²) in [6.45, 7) is 2.33. The first-order valence-electron chi connectivity index (χ1n) is 6.25. The van der Waals surface area contributed by atoms with Gasteiger partial charge >= 0.3 is 0 Å². The van der Waals surface area contributed by atoms with E-state index in [4.69, 9.17) is 11.6 Å². The Bertz CT molecular complexity index is 556. The smallest absolute Gasteiger partial charge is 0.199 e. The fraction of sp³-hybridized carbons (Fsp3) is 0.583. The van der Waals surface area contributed by atoms with Crippen molar-refractivity contribution >= 4 is 29.1 Å². The van der Waals surface area contributed by atoms with E-state index in [-0.39, 0.29) is 0 Å². The first-order valence-corrected chi connectivity index (χ1v) is 7.51. The molecule has 0 amide bonds. The van der Waals surface area contributed by atoms with E-state index in [1.165, 1.54) is 32.0 Å². The Morgan fingerprint density at radius 3 is 3.17 bits per heavy atom. The second kappa shape index (κ2) is 5.05. The molecule has 2 heterocycles. The fourth-order valence-electron chi connectivity index (χ4n) is 2.50. The minimum atomic E-state index is 0.488. The highest BCUT2D eigenvalue weighted by atomic mass is 35.5. The van der Waals surface area contributed by atoms with Gasteiger partial charge in [-0.2, -0.15) is 19.6 Å². The molecule has 0 bridgehead atoms. The molecule has 1 aliphatic rings. The molecule has 96 valence electrons. The van der Waals surface area contributed by atoms with E-state index in [1.807, 2.05) is 17.8 Å². The highest BCUT2D eigenvalue weighted by Crippen LogP contribution is 2.36. The molecular formula is C12H15ClN4S. The lowest BCUT2D eigenvalue weighted by atomic mass is 9.91. The Kier molecular flexibility index (Phi) is 3.43. The molecule has 3 rings (SSSR count). The van der Waals surface area contributed by atoms with Crippen molar-refractivity contribution in [3.63, 3.8) is 0 Å². The van der Waals surface area contributed by atoms with Crippen LogP contribution < -0.4 is 0 Å². The molecule has 2 unspecified atom stereocenters. The van der Waals surface area contributed by atoms with Gasteiger partial charge in [0.15, 0.2) is 0 Å². The van der Waals surface area contributed by atoms with Gasteiger partial charge in [-0.05, 0) is 18.8 Å². The molecule has 0 spiro atoms. The first-order chi connectivity index (χ1) is 8.72. The van der Waals surface area contributed by atoms with Gasteiger partial charge in [0.05, 0.1) is 0 Å². The third-order valence-electron chi connectivity index (χ3n) is 3.36. The van der Waals surface area contributed by atoms with Crippen LogP contribution in [0.15, 0.2) is 17.4 Å². The maximum Gasteiger partial charge on any atom is 0.254 e. The third-order valence-corrected chi connectivity index (χ3v) is 4.85. The lowest BCUT2D eigenvalue weighted by molar-refractivity contribution is 0.394. The van der Waals surface area contributed by atoms with E-state index < -0.39 is 0 Å². The van der Waals surface area contributed by atoms with Crippen molar-refractivity contribution in [1.82, 2.24) is 19.6 Å². The fourth-order valence-corrected chi connectivity index (χ4v) is 4.20. The zero-order chi connectivity index (χ0) is 12.5. The van der Waals surface area contributed by atoms with Gasteiger partial charge < -0.3 is 0 Å². The van der Waals surface area contributed by atoms with E-state index in [2.05, 4.69) is 22.0 Å². The van der Waals surface area contributed by atoms with Crippen molar-refractivity contribution in [3.8, 4) is 0 Å². The summed E-state index contributed by atoms with van der Waals surface area (Å²) in [5, 5.41) is 6.39. The van der Waals surface area contributed by atoms with Gasteiger partial charge in [-0.25, -0.2) is 0 Å². The van der Waals surface area contributed by atoms with Crippen LogP contribution in [0.1, 0.15) is 32.6 Å². The quantitative estimate of drug-likeness (QED) is 0.791. The average Bonchev–Trinajstić information content (AvgIpc) is 2.77. The number of halogens is 1. The topological polar surface area (TPSA) is 43.1 Å². The van der Waals surface area contributed by atoms with Gasteiger partial charge in [-0.1, -0.05) is 31.4 Å². The molecule has 0 saturated heterocycles. The monoisotopic (exact) mass is 282 g/mol. The Balaban J connectivity index is 1.87. The minimum absolute atomic E-state index is 0.488. The SMILES string of the molecule is CC1CCCC(Sc2cc(Cl)nc3ncnn23)C1. The Hall–Kier alpha value is -0.810. The maximum atomic E-state index is 6.02. The van der Waals surface area contributed by atoms with Gasteiger partial charge in [0.25, 0.3) is 5.78 Å². The number of aromatic nitrogens is 4. The number of hydrogen-bond donors (Lipinski definition) is 0. The van der Waals surface area contributed by atoms with Crippen LogP contribution in [0.4, 0.5) is 0 Å². The van der Waals surface area contributed by atoms with Crippen LogP contribution in [0, 0.1) is 5.92 Å². The van der Waals surface area contributed by atoms with Crippen molar-refractivity contribution in [1.29, 1.82) is 0 Å². The molecule has 1 aliphatic carbocycles. The molecule has 0 aliphatic heterocycles. The molecule has 0 radical (unpaired) electrons. The van der Waals surface area contributed by atoms with Crippen LogP contribution in [0.25, 0.3) is 5.78 Å². The number of rotatable bonds is 2. The summed E-state index contributed by atoms with van der Waals surface area (Å²) in [5.74, 6) is 1.40. The van der Waals surface area contributed by atoms with Crippen molar-refractivity contribution < 1.29 is 0 Å². The highest BCUT2D eigenvalue weighted by Gasteiger charge is 2.21. The number of nitrogens with zero attached hydrogens (tertiary/aromatic N) is 4. The second-order valence-electron chi connectivity index (χ2n) is 4.90. The molecule has 2 aromatic rings. The van der Waals surface area contributed by atoms with E-state index in [1.54, 1.807) is 4.52 Å². The largest absolute Gasteiger partial charge is 0.254 e. The van der Waals surface area contributed by atoms with Crippen LogP contribution in [0.5, 0.6) is 0 Å². The van der Waals surface area contributed by atoms with Crippen LogP contribution in [-0.2, 0) is 0 Å². The summed E-state index contributed by atoms with van der Waals surface area (Å²) in [6, 6.07) is 1.88. The van der Waals surface area contributed by atoms with Crippen LogP contribution in [0.3, 0.4) is 0 Å². The summed E-state index contributed by atoms with van der Waals surface area (Å²) < 4.78 is 1.77. The predicted molar refractivity (Wildman–Crippen MR) is 73.1 cm³/mol. The second-order valence-corrected chi connectivity index (χ2v) is 6.61. The molecule has 1 saturated carbocycles. The van der Waals surface area contributed by atoms with Crippen LogP contribution in [-0.4, -0.2) is 24.8 Å². The summed E-state index contributed by atoms with van der Waals surface area (Å²) in [5.41, 5.74) is 0. The average molecular weight is 283 g/mol. The lowest BCUT2D eigenvalue weighted by Crippen LogP contribution is -2.15. The van der Waals surface area contributed by atoms with Crippen LogP contribution in [0.2, 0.25) is 5.15 Å². The molecule has 4 nitrogen and oxygen atoms in total. The standard InChI is InChI=1S/C12H15ClN4S/c1-8-3-2-4-9(5-8)18-11-6-10(13)16-12-14-7-15-17(11)12/h6-9H,2-5H2,1H3. The maximum absolute atomic E-state index is 6.02. The Labute approximate surface area is 115 Å². The molecule has 2 aromatic heterocycles. The first kappa shape index (κ1) is 12.2. The predicted octanol–water partition coefficient (Wildman–Crippen LogP) is 3.45. The number of fused-ring (bicyclic) bond motifs is 1. The van der Waals surface area contributed by atoms with Crippen molar-refractivity contribution in [2.45, 2.75) is 42.9 Å². The molecular weight excluding hydrogens is 268 g/mol. The zero-order valence-corrected chi connectivity index (χ0v) is 11.8. The summed E-state index contributed by atoms with van der Waals surface area (Å²) in [6.07, 6.45) is 6.73. The van der Waals surface area contributed by atoms with E-state index in [0.29, 0.717) is 16.2 Å². The summed E-state index contributed by atoms with van der Waals surface area (Å²) >= 11 is 7.87. The van der Waals surface area contributed by atoms with Gasteiger partial charge in [-0.15, -0.1) is 11.8 Å². The zero-order valence-electron chi connectivity index (χ0n) is 10.2. The highest BCUT2D eigenvalue weighted by molar-refractivity contribution is 7.99. The molecule has 6 heteroatoms. The van der Waals surface area contributed by atoms with Crippen molar-refractivity contribution in [2.24, 2.45) is 5.92 Å². The Morgan fingerprint density at radius 1 is 1.44 bits per heavy atom. The molecule has 18 heavy (non-hydrogen) atoms. The van der Waals surface area contributed by atoms with Crippen molar-refractivity contribution in [2.75, 3.05) is 0 Å². The van der Waals surface area contributed by atoms with E-state index >= 15 is 0 Å². The van der Waals surface area contributed by atoms with Crippen molar-refractivity contribution in [3.05, 3.63) is 17.5 Å². The van der Waals surface area contributed by atoms with Gasteiger partial charge in [-0.3, -0.25) is 0 Å². The van der Waals surface area contributed by atoms with Gasteiger partial charge in [0.2, 0.25) is 0 Å². The lowest BCUT2D eigenvalue weighted by Gasteiger charge is -2.26. The molecule has 0 aromatic carbocycles. The third kappa shape index (κ3) is 2.47. The summed E-state index contributed by atoms with van der Waals surface area (Å²) in [4.78, 5) is 8.24. The Morgan fingerprint density at radius 2 is 2.33 bits per heavy atom. The molecule has 2 atom stereocenters.